The third-order valence-corrected chi connectivity index (χ3v) is 4.32. The van der Waals surface area contributed by atoms with Gasteiger partial charge >= 0.3 is 0 Å². The zero-order chi connectivity index (χ0) is 16.4. The van der Waals surface area contributed by atoms with Crippen molar-refractivity contribution in [2.45, 2.75) is 19.3 Å². The number of hydrogen-bond acceptors (Lipinski definition) is 4. The van der Waals surface area contributed by atoms with Crippen LogP contribution in [0.2, 0.25) is 0 Å². The molecule has 5 heteroatoms. The molecule has 1 aromatic carbocycles. The van der Waals surface area contributed by atoms with Crippen LogP contribution in [0.5, 0.6) is 0 Å². The van der Waals surface area contributed by atoms with Crippen LogP contribution in [0.3, 0.4) is 0 Å². The smallest absolute Gasteiger partial charge is 0.284 e. The van der Waals surface area contributed by atoms with Gasteiger partial charge in [-0.2, -0.15) is 0 Å². The Labute approximate surface area is 140 Å². The van der Waals surface area contributed by atoms with E-state index in [0.29, 0.717) is 11.5 Å². The molecule has 3 heterocycles. The number of aliphatic imine (C=N–C) groups is 1. The molecule has 1 amide bonds. The van der Waals surface area contributed by atoms with E-state index in [9.17, 15) is 4.79 Å². The van der Waals surface area contributed by atoms with Crippen molar-refractivity contribution in [3.8, 4) is 0 Å². The molecule has 0 unspecified atom stereocenters. The van der Waals surface area contributed by atoms with Crippen molar-refractivity contribution >= 4 is 23.6 Å². The highest BCUT2D eigenvalue weighted by Gasteiger charge is 2.35. The second-order valence-electron chi connectivity index (χ2n) is 5.98. The van der Waals surface area contributed by atoms with Gasteiger partial charge in [0.05, 0.1) is 12.0 Å². The summed E-state index contributed by atoms with van der Waals surface area (Å²) in [5.74, 6) is 1.25. The summed E-state index contributed by atoms with van der Waals surface area (Å²) in [5.41, 5.74) is 1.25. The number of carbonyl (C=O) groups excluding carboxylic acids is 1. The average Bonchev–Trinajstić information content (AvgIpc) is 3.25. The van der Waals surface area contributed by atoms with Gasteiger partial charge in [0.25, 0.3) is 5.91 Å². The van der Waals surface area contributed by atoms with Crippen molar-refractivity contribution in [3.05, 3.63) is 60.2 Å². The molecule has 5 nitrogen and oxygen atoms in total. The zero-order valence-electron chi connectivity index (χ0n) is 13.4. The molecule has 2 aromatic rings. The molecule has 2 aliphatic rings. The molecule has 24 heavy (non-hydrogen) atoms. The molecular weight excluding hydrogens is 302 g/mol. The van der Waals surface area contributed by atoms with Crippen LogP contribution in [-0.2, 0) is 4.79 Å². The highest BCUT2D eigenvalue weighted by atomic mass is 16.3. The van der Waals surface area contributed by atoms with E-state index in [1.54, 1.807) is 23.3 Å². The number of guanidine groups is 1. The summed E-state index contributed by atoms with van der Waals surface area (Å²) < 4.78 is 5.34. The molecule has 1 saturated heterocycles. The maximum atomic E-state index is 13.0. The first-order valence-electron chi connectivity index (χ1n) is 8.31. The van der Waals surface area contributed by atoms with E-state index in [0.717, 1.165) is 37.6 Å². The monoisotopic (exact) mass is 321 g/mol. The van der Waals surface area contributed by atoms with E-state index in [4.69, 9.17) is 4.42 Å². The summed E-state index contributed by atoms with van der Waals surface area (Å²) >= 11 is 0. The molecule has 1 fully saturated rings. The van der Waals surface area contributed by atoms with Crippen LogP contribution in [-0.4, -0.2) is 29.9 Å². The number of nitrogens with zero attached hydrogens (tertiary/aromatic N) is 3. The van der Waals surface area contributed by atoms with Crippen molar-refractivity contribution in [2.24, 2.45) is 4.99 Å². The minimum atomic E-state index is -0.113. The minimum absolute atomic E-state index is 0.113. The Morgan fingerprint density at radius 2 is 1.79 bits per heavy atom. The van der Waals surface area contributed by atoms with Crippen LogP contribution in [0.25, 0.3) is 6.08 Å². The normalized spacial score (nSPS) is 19.9. The summed E-state index contributed by atoms with van der Waals surface area (Å²) in [6, 6.07) is 13.3. The molecule has 2 aliphatic heterocycles. The first kappa shape index (κ1) is 14.8. The highest BCUT2D eigenvalue weighted by molar-refractivity contribution is 6.28. The molecule has 1 aromatic heterocycles. The van der Waals surface area contributed by atoms with Gasteiger partial charge in [0, 0.05) is 19.2 Å². The van der Waals surface area contributed by atoms with Crippen LogP contribution < -0.4 is 4.90 Å². The molecule has 122 valence electrons. The van der Waals surface area contributed by atoms with Crippen molar-refractivity contribution in [1.82, 2.24) is 4.90 Å². The van der Waals surface area contributed by atoms with Crippen LogP contribution in [0.1, 0.15) is 25.0 Å². The standard InChI is InChI=1S/C19H19N3O2/c23-18-17(14-16-10-7-13-24-16)20-19(21-11-5-2-6-12-21)22(18)15-8-3-1-4-9-15/h1,3-4,7-10,13-14H,2,5-6,11-12H2/b17-14+. The lowest BCUT2D eigenvalue weighted by molar-refractivity contribution is -0.113. The van der Waals surface area contributed by atoms with Gasteiger partial charge in [0.15, 0.2) is 0 Å². The number of para-hydroxylation sites is 1. The maximum Gasteiger partial charge on any atom is 0.284 e. The van der Waals surface area contributed by atoms with Crippen LogP contribution in [0.15, 0.2) is 63.8 Å². The Bertz CT molecular complexity index is 772. The molecule has 0 radical (unpaired) electrons. The quantitative estimate of drug-likeness (QED) is 0.795. The lowest BCUT2D eigenvalue weighted by Crippen LogP contribution is -2.46. The van der Waals surface area contributed by atoms with E-state index in [1.807, 2.05) is 36.4 Å². The van der Waals surface area contributed by atoms with Crippen molar-refractivity contribution < 1.29 is 9.21 Å². The number of piperidine rings is 1. The van der Waals surface area contributed by atoms with Gasteiger partial charge in [0.2, 0.25) is 5.96 Å². The minimum Gasteiger partial charge on any atom is -0.465 e. The summed E-state index contributed by atoms with van der Waals surface area (Å²) in [7, 11) is 0. The Morgan fingerprint density at radius 3 is 2.50 bits per heavy atom. The van der Waals surface area contributed by atoms with Gasteiger partial charge in [0.1, 0.15) is 11.5 Å². The molecule has 0 aliphatic carbocycles. The lowest BCUT2D eigenvalue weighted by Gasteiger charge is -2.32. The van der Waals surface area contributed by atoms with Crippen molar-refractivity contribution in [3.63, 3.8) is 0 Å². The molecule has 0 atom stereocenters. The number of likely N-dealkylation sites (tertiary alicyclic amines) is 1. The molecule has 0 bridgehead atoms. The Kier molecular flexibility index (Phi) is 3.91. The molecule has 0 N–H and O–H groups in total. The predicted octanol–water partition coefficient (Wildman–Crippen LogP) is 3.51. The van der Waals surface area contributed by atoms with Crippen molar-refractivity contribution in [2.75, 3.05) is 18.0 Å². The van der Waals surface area contributed by atoms with Gasteiger partial charge in [-0.3, -0.25) is 4.79 Å². The first-order chi connectivity index (χ1) is 11.8. The van der Waals surface area contributed by atoms with E-state index >= 15 is 0 Å². The Morgan fingerprint density at radius 1 is 1.00 bits per heavy atom. The molecule has 0 saturated carbocycles. The molecule has 4 rings (SSSR count). The van der Waals surface area contributed by atoms with Crippen LogP contribution >= 0.6 is 0 Å². The van der Waals surface area contributed by atoms with E-state index in [-0.39, 0.29) is 5.91 Å². The van der Waals surface area contributed by atoms with E-state index in [1.165, 1.54) is 6.42 Å². The van der Waals surface area contributed by atoms with Gasteiger partial charge in [-0.15, -0.1) is 0 Å². The van der Waals surface area contributed by atoms with Gasteiger partial charge in [-0.25, -0.2) is 9.89 Å². The summed E-state index contributed by atoms with van der Waals surface area (Å²) in [4.78, 5) is 21.5. The predicted molar refractivity (Wildman–Crippen MR) is 93.5 cm³/mol. The number of amides is 1. The number of furan rings is 1. The fourth-order valence-corrected chi connectivity index (χ4v) is 3.13. The lowest BCUT2D eigenvalue weighted by atomic mass is 10.1. The van der Waals surface area contributed by atoms with Crippen molar-refractivity contribution in [1.29, 1.82) is 0 Å². The number of anilines is 1. The van der Waals surface area contributed by atoms with Gasteiger partial charge in [-0.05, 0) is 43.5 Å². The van der Waals surface area contributed by atoms with Gasteiger partial charge < -0.3 is 9.32 Å². The van der Waals surface area contributed by atoms with E-state index in [2.05, 4.69) is 9.89 Å². The van der Waals surface area contributed by atoms with Crippen LogP contribution in [0, 0.1) is 0 Å². The Balaban J connectivity index is 1.74. The fraction of sp³-hybridized carbons (Fsp3) is 0.263. The third kappa shape index (κ3) is 2.73. The number of rotatable bonds is 2. The summed E-state index contributed by atoms with van der Waals surface area (Å²) in [6.45, 7) is 1.87. The maximum absolute atomic E-state index is 13.0. The fourth-order valence-electron chi connectivity index (χ4n) is 3.13. The second kappa shape index (κ2) is 6.35. The number of hydrogen-bond donors (Lipinski definition) is 0. The Hall–Kier alpha value is -2.82. The van der Waals surface area contributed by atoms with Gasteiger partial charge in [-0.1, -0.05) is 18.2 Å². The number of benzene rings is 1. The largest absolute Gasteiger partial charge is 0.465 e. The summed E-state index contributed by atoms with van der Waals surface area (Å²) in [5, 5.41) is 0. The SMILES string of the molecule is O=C1/C(=C\c2ccco2)N=C(N2CCCCC2)N1c1ccccc1. The average molecular weight is 321 g/mol. The third-order valence-electron chi connectivity index (χ3n) is 4.32. The molecular formula is C19H19N3O2. The highest BCUT2D eigenvalue weighted by Crippen LogP contribution is 2.27. The topological polar surface area (TPSA) is 49.1 Å². The zero-order valence-corrected chi connectivity index (χ0v) is 13.4. The first-order valence-corrected chi connectivity index (χ1v) is 8.31. The second-order valence-corrected chi connectivity index (χ2v) is 5.98. The summed E-state index contributed by atoms with van der Waals surface area (Å²) in [6.07, 6.45) is 6.80. The van der Waals surface area contributed by atoms with Crippen LogP contribution in [0.4, 0.5) is 5.69 Å². The van der Waals surface area contributed by atoms with E-state index < -0.39 is 0 Å². The molecule has 0 spiro atoms. The number of carbonyl (C=O) groups is 1.